The SMILES string of the molecule is Nc1[nH]ncc1-c1nc(-c2ncccc2Br)no1. The molecule has 0 aliphatic rings. The second-order valence-corrected chi connectivity index (χ2v) is 4.31. The van der Waals surface area contributed by atoms with Crippen LogP contribution >= 0.6 is 15.9 Å². The highest BCUT2D eigenvalue weighted by molar-refractivity contribution is 9.10. The average molecular weight is 307 g/mol. The summed E-state index contributed by atoms with van der Waals surface area (Å²) in [5.41, 5.74) is 6.86. The Morgan fingerprint density at radius 2 is 2.28 bits per heavy atom. The van der Waals surface area contributed by atoms with E-state index in [2.05, 4.69) is 41.3 Å². The molecule has 0 unspecified atom stereocenters. The van der Waals surface area contributed by atoms with E-state index in [0.29, 0.717) is 28.8 Å². The van der Waals surface area contributed by atoms with Crippen LogP contribution < -0.4 is 5.73 Å². The Balaban J connectivity index is 2.05. The molecule has 3 rings (SSSR count). The lowest BCUT2D eigenvalue weighted by atomic mass is 10.3. The smallest absolute Gasteiger partial charge is 0.263 e. The first-order chi connectivity index (χ1) is 8.75. The van der Waals surface area contributed by atoms with Gasteiger partial charge < -0.3 is 10.3 Å². The molecule has 0 radical (unpaired) electrons. The Morgan fingerprint density at radius 1 is 1.39 bits per heavy atom. The monoisotopic (exact) mass is 306 g/mol. The molecule has 0 amide bonds. The van der Waals surface area contributed by atoms with Crippen LogP contribution in [-0.4, -0.2) is 25.3 Å². The number of nitrogens with zero attached hydrogens (tertiary/aromatic N) is 4. The van der Waals surface area contributed by atoms with Crippen LogP contribution in [0.2, 0.25) is 0 Å². The number of aromatic nitrogens is 5. The highest BCUT2D eigenvalue weighted by Crippen LogP contribution is 2.27. The van der Waals surface area contributed by atoms with Crippen LogP contribution in [0.25, 0.3) is 23.0 Å². The molecular formula is C10H7BrN6O. The standard InChI is InChI=1S/C10H7BrN6O/c11-6-2-1-3-13-7(6)9-15-10(18-17-9)5-4-14-16-8(5)12/h1-4H,(H3,12,14,16). The zero-order chi connectivity index (χ0) is 12.5. The van der Waals surface area contributed by atoms with Crippen molar-refractivity contribution in [1.29, 1.82) is 0 Å². The molecule has 0 aliphatic carbocycles. The lowest BCUT2D eigenvalue weighted by molar-refractivity contribution is 0.432. The fourth-order valence-corrected chi connectivity index (χ4v) is 1.88. The van der Waals surface area contributed by atoms with Crippen molar-refractivity contribution in [2.75, 3.05) is 5.73 Å². The number of H-pyrrole nitrogens is 1. The minimum Gasteiger partial charge on any atom is -0.383 e. The third-order valence-electron chi connectivity index (χ3n) is 2.30. The number of anilines is 1. The summed E-state index contributed by atoms with van der Waals surface area (Å²) in [5, 5.41) is 10.3. The number of hydrogen-bond acceptors (Lipinski definition) is 6. The second kappa shape index (κ2) is 4.22. The number of hydrogen-bond donors (Lipinski definition) is 2. The fourth-order valence-electron chi connectivity index (χ4n) is 1.45. The van der Waals surface area contributed by atoms with E-state index in [9.17, 15) is 0 Å². The number of halogens is 1. The Hall–Kier alpha value is -2.22. The molecule has 3 N–H and O–H groups in total. The summed E-state index contributed by atoms with van der Waals surface area (Å²) >= 11 is 3.38. The quantitative estimate of drug-likeness (QED) is 0.748. The van der Waals surface area contributed by atoms with E-state index in [4.69, 9.17) is 10.3 Å². The molecule has 0 aliphatic heterocycles. The van der Waals surface area contributed by atoms with Crippen LogP contribution in [0.3, 0.4) is 0 Å². The molecule has 8 heteroatoms. The molecular weight excluding hydrogens is 300 g/mol. The van der Waals surface area contributed by atoms with Gasteiger partial charge in [0, 0.05) is 10.7 Å². The zero-order valence-corrected chi connectivity index (χ0v) is 10.5. The van der Waals surface area contributed by atoms with Crippen molar-refractivity contribution >= 4 is 21.7 Å². The molecule has 0 bridgehead atoms. The maximum Gasteiger partial charge on any atom is 0.263 e. The van der Waals surface area contributed by atoms with E-state index < -0.39 is 0 Å². The summed E-state index contributed by atoms with van der Waals surface area (Å²) in [6, 6.07) is 3.66. The maximum absolute atomic E-state index is 5.68. The molecule has 3 aromatic heterocycles. The highest BCUT2D eigenvalue weighted by Gasteiger charge is 2.16. The number of nitrogens with one attached hydrogen (secondary N) is 1. The molecule has 7 nitrogen and oxygen atoms in total. The minimum absolute atomic E-state index is 0.300. The van der Waals surface area contributed by atoms with Gasteiger partial charge in [-0.3, -0.25) is 10.1 Å². The van der Waals surface area contributed by atoms with Crippen molar-refractivity contribution in [3.05, 3.63) is 29.0 Å². The molecule has 0 spiro atoms. The maximum atomic E-state index is 5.68. The number of aromatic amines is 1. The van der Waals surface area contributed by atoms with Crippen molar-refractivity contribution in [3.63, 3.8) is 0 Å². The summed E-state index contributed by atoms with van der Waals surface area (Å²) < 4.78 is 5.93. The van der Waals surface area contributed by atoms with E-state index in [0.717, 1.165) is 4.47 Å². The van der Waals surface area contributed by atoms with Gasteiger partial charge in [0.1, 0.15) is 17.1 Å². The molecule has 3 aromatic rings. The molecule has 0 atom stereocenters. The van der Waals surface area contributed by atoms with Gasteiger partial charge in [0.25, 0.3) is 5.89 Å². The number of pyridine rings is 1. The van der Waals surface area contributed by atoms with E-state index >= 15 is 0 Å². The largest absolute Gasteiger partial charge is 0.383 e. The summed E-state index contributed by atoms with van der Waals surface area (Å²) in [6.07, 6.45) is 3.18. The predicted octanol–water partition coefficient (Wildman–Crippen LogP) is 1.87. The molecule has 0 saturated heterocycles. The Labute approximate surface area is 110 Å². The second-order valence-electron chi connectivity index (χ2n) is 3.45. The lowest BCUT2D eigenvalue weighted by Gasteiger charge is -1.95. The topological polar surface area (TPSA) is 107 Å². The third-order valence-corrected chi connectivity index (χ3v) is 2.94. The Kier molecular flexibility index (Phi) is 2.56. The van der Waals surface area contributed by atoms with Crippen LogP contribution in [0.15, 0.2) is 33.5 Å². The molecule has 90 valence electrons. The van der Waals surface area contributed by atoms with Gasteiger partial charge in [0.15, 0.2) is 0 Å². The van der Waals surface area contributed by atoms with Crippen molar-refractivity contribution in [2.45, 2.75) is 0 Å². The summed E-state index contributed by atoms with van der Waals surface area (Å²) in [5.74, 6) is 1.07. The van der Waals surface area contributed by atoms with Crippen molar-refractivity contribution in [3.8, 4) is 23.0 Å². The Bertz CT molecular complexity index is 691. The van der Waals surface area contributed by atoms with Gasteiger partial charge in [-0.25, -0.2) is 0 Å². The molecule has 18 heavy (non-hydrogen) atoms. The van der Waals surface area contributed by atoms with Crippen molar-refractivity contribution < 1.29 is 4.52 Å². The van der Waals surface area contributed by atoms with Gasteiger partial charge in [0.05, 0.1) is 6.20 Å². The molecule has 3 heterocycles. The zero-order valence-electron chi connectivity index (χ0n) is 8.96. The van der Waals surface area contributed by atoms with E-state index in [1.165, 1.54) is 6.20 Å². The average Bonchev–Trinajstić information content (AvgIpc) is 2.98. The summed E-state index contributed by atoms with van der Waals surface area (Å²) in [6.45, 7) is 0. The van der Waals surface area contributed by atoms with Crippen LogP contribution in [0.4, 0.5) is 5.82 Å². The first-order valence-corrected chi connectivity index (χ1v) is 5.79. The molecule has 0 fully saturated rings. The van der Waals surface area contributed by atoms with Gasteiger partial charge in [-0.2, -0.15) is 10.1 Å². The van der Waals surface area contributed by atoms with Gasteiger partial charge in [0.2, 0.25) is 5.82 Å². The van der Waals surface area contributed by atoms with Crippen LogP contribution in [0.1, 0.15) is 0 Å². The van der Waals surface area contributed by atoms with E-state index in [1.54, 1.807) is 6.20 Å². The van der Waals surface area contributed by atoms with Crippen molar-refractivity contribution in [2.24, 2.45) is 0 Å². The summed E-state index contributed by atoms with van der Waals surface area (Å²) in [7, 11) is 0. The molecule has 0 saturated carbocycles. The Morgan fingerprint density at radius 3 is 3.00 bits per heavy atom. The predicted molar refractivity (Wildman–Crippen MR) is 67.2 cm³/mol. The van der Waals surface area contributed by atoms with Crippen LogP contribution in [0, 0.1) is 0 Å². The van der Waals surface area contributed by atoms with Gasteiger partial charge in [-0.1, -0.05) is 5.16 Å². The first-order valence-electron chi connectivity index (χ1n) is 4.99. The molecule has 0 aromatic carbocycles. The number of nitrogen functional groups attached to an aromatic ring is 1. The van der Waals surface area contributed by atoms with Crippen molar-refractivity contribution in [1.82, 2.24) is 25.3 Å². The van der Waals surface area contributed by atoms with E-state index in [-0.39, 0.29) is 0 Å². The fraction of sp³-hybridized carbons (Fsp3) is 0. The highest BCUT2D eigenvalue weighted by atomic mass is 79.9. The normalized spacial score (nSPS) is 10.7. The van der Waals surface area contributed by atoms with Gasteiger partial charge in [-0.05, 0) is 28.1 Å². The summed E-state index contributed by atoms with van der Waals surface area (Å²) in [4.78, 5) is 8.41. The van der Waals surface area contributed by atoms with E-state index in [1.807, 2.05) is 12.1 Å². The third kappa shape index (κ3) is 1.76. The lowest BCUT2D eigenvalue weighted by Crippen LogP contribution is -1.88. The number of rotatable bonds is 2. The first kappa shape index (κ1) is 10.9. The van der Waals surface area contributed by atoms with Gasteiger partial charge >= 0.3 is 0 Å². The minimum atomic E-state index is 0.300. The van der Waals surface area contributed by atoms with Crippen LogP contribution in [-0.2, 0) is 0 Å². The van der Waals surface area contributed by atoms with Crippen LogP contribution in [0.5, 0.6) is 0 Å². The van der Waals surface area contributed by atoms with Gasteiger partial charge in [-0.15, -0.1) is 0 Å². The number of nitrogens with two attached hydrogens (primary N) is 1.